The molecule has 19 heavy (non-hydrogen) atoms. The summed E-state index contributed by atoms with van der Waals surface area (Å²) in [5.41, 5.74) is 0.884. The number of hydrogen-bond acceptors (Lipinski definition) is 1. The van der Waals surface area contributed by atoms with Crippen LogP contribution >= 0.6 is 43.5 Å². The van der Waals surface area contributed by atoms with Crippen LogP contribution in [0.15, 0.2) is 39.3 Å². The Labute approximate surface area is 130 Å². The first-order valence-corrected chi connectivity index (χ1v) is 7.30. The molecule has 0 aliphatic rings. The van der Waals surface area contributed by atoms with Gasteiger partial charge in [-0.1, -0.05) is 37.9 Å². The molecule has 0 unspecified atom stereocenters. The molecule has 0 amide bonds. The van der Waals surface area contributed by atoms with Crippen molar-refractivity contribution in [2.45, 2.75) is 5.88 Å². The molecule has 0 aliphatic carbocycles. The van der Waals surface area contributed by atoms with Crippen LogP contribution in [0.4, 0.5) is 8.78 Å². The highest BCUT2D eigenvalue weighted by molar-refractivity contribution is 9.10. The lowest BCUT2D eigenvalue weighted by atomic mass is 10.2. The fraction of sp³-hybridized carbons (Fsp3) is 0.0769. The van der Waals surface area contributed by atoms with Crippen LogP contribution in [0.5, 0.6) is 11.5 Å². The molecule has 0 spiro atoms. The highest BCUT2D eigenvalue weighted by atomic mass is 79.9. The number of benzene rings is 2. The zero-order chi connectivity index (χ0) is 14.0. The summed E-state index contributed by atoms with van der Waals surface area (Å²) in [6.45, 7) is 0. The monoisotopic (exact) mass is 410 g/mol. The fourth-order valence-electron chi connectivity index (χ4n) is 1.43. The second-order valence-electron chi connectivity index (χ2n) is 3.69. The van der Waals surface area contributed by atoms with E-state index in [0.29, 0.717) is 16.1 Å². The van der Waals surface area contributed by atoms with Crippen LogP contribution in [-0.2, 0) is 5.88 Å². The molecule has 0 saturated carbocycles. The summed E-state index contributed by atoms with van der Waals surface area (Å²) in [4.78, 5) is 0. The van der Waals surface area contributed by atoms with Crippen LogP contribution in [0.2, 0.25) is 0 Å². The Balaban J connectivity index is 2.33. The Morgan fingerprint density at radius 1 is 1.11 bits per heavy atom. The van der Waals surface area contributed by atoms with Crippen molar-refractivity contribution in [3.63, 3.8) is 0 Å². The Bertz CT molecular complexity index is 620. The van der Waals surface area contributed by atoms with E-state index in [-0.39, 0.29) is 5.75 Å². The maximum absolute atomic E-state index is 13.6. The molecule has 2 aromatic carbocycles. The zero-order valence-corrected chi connectivity index (χ0v) is 13.3. The van der Waals surface area contributed by atoms with Gasteiger partial charge in [0, 0.05) is 14.8 Å². The molecule has 0 aliphatic heterocycles. The van der Waals surface area contributed by atoms with Gasteiger partial charge in [-0.25, -0.2) is 4.39 Å². The molecule has 0 N–H and O–H groups in total. The van der Waals surface area contributed by atoms with Gasteiger partial charge < -0.3 is 4.74 Å². The summed E-state index contributed by atoms with van der Waals surface area (Å²) < 4.78 is 33.3. The van der Waals surface area contributed by atoms with E-state index in [0.717, 1.165) is 16.1 Å². The first-order valence-electron chi connectivity index (χ1n) is 5.18. The summed E-state index contributed by atoms with van der Waals surface area (Å²) >= 11 is 12.1. The average molecular weight is 412 g/mol. The molecule has 100 valence electrons. The molecule has 2 aromatic rings. The quantitative estimate of drug-likeness (QED) is 0.442. The Morgan fingerprint density at radius 2 is 1.84 bits per heavy atom. The number of halogens is 5. The van der Waals surface area contributed by atoms with Gasteiger partial charge in [0.15, 0.2) is 11.6 Å². The minimum atomic E-state index is -1.03. The van der Waals surface area contributed by atoms with Crippen molar-refractivity contribution in [1.82, 2.24) is 0 Å². The van der Waals surface area contributed by atoms with Gasteiger partial charge >= 0.3 is 0 Å². The topological polar surface area (TPSA) is 9.23 Å². The van der Waals surface area contributed by atoms with Crippen molar-refractivity contribution < 1.29 is 13.5 Å². The molecular formula is C13H7Br2ClF2O. The normalized spacial score (nSPS) is 10.6. The molecule has 0 heterocycles. The van der Waals surface area contributed by atoms with Crippen LogP contribution in [0, 0.1) is 11.6 Å². The van der Waals surface area contributed by atoms with Crippen molar-refractivity contribution in [2.24, 2.45) is 0 Å². The third-order valence-corrected chi connectivity index (χ3v) is 3.84. The van der Waals surface area contributed by atoms with Crippen LogP contribution in [-0.4, -0.2) is 0 Å². The third-order valence-electron chi connectivity index (χ3n) is 2.36. The predicted molar refractivity (Wildman–Crippen MR) is 77.8 cm³/mol. The molecule has 0 saturated heterocycles. The van der Waals surface area contributed by atoms with Gasteiger partial charge in [0.1, 0.15) is 5.75 Å². The van der Waals surface area contributed by atoms with Crippen molar-refractivity contribution in [2.75, 3.05) is 0 Å². The highest BCUT2D eigenvalue weighted by Crippen LogP contribution is 2.32. The standard InChI is InChI=1S/C13H7Br2ClF2O/c14-8-3-11(17)13(18)12(4-8)19-9-2-1-7(6-16)10(15)5-9/h1-5H,6H2. The third kappa shape index (κ3) is 3.46. The van der Waals surface area contributed by atoms with Crippen LogP contribution < -0.4 is 4.74 Å². The molecule has 0 bridgehead atoms. The number of hydrogen-bond donors (Lipinski definition) is 0. The molecular weight excluding hydrogens is 405 g/mol. The molecule has 0 atom stereocenters. The highest BCUT2D eigenvalue weighted by Gasteiger charge is 2.12. The van der Waals surface area contributed by atoms with E-state index >= 15 is 0 Å². The van der Waals surface area contributed by atoms with Crippen molar-refractivity contribution in [3.8, 4) is 11.5 Å². The van der Waals surface area contributed by atoms with Gasteiger partial charge in [-0.15, -0.1) is 11.6 Å². The smallest absolute Gasteiger partial charge is 0.201 e. The van der Waals surface area contributed by atoms with Gasteiger partial charge in [0.25, 0.3) is 0 Å². The Morgan fingerprint density at radius 3 is 2.47 bits per heavy atom. The fourth-order valence-corrected chi connectivity index (χ4v) is 2.73. The van der Waals surface area contributed by atoms with Gasteiger partial charge in [-0.2, -0.15) is 4.39 Å². The summed E-state index contributed by atoms with van der Waals surface area (Å²) in [7, 11) is 0. The van der Waals surface area contributed by atoms with Gasteiger partial charge in [0.2, 0.25) is 5.82 Å². The van der Waals surface area contributed by atoms with Gasteiger partial charge in [-0.05, 0) is 29.8 Å². The van der Waals surface area contributed by atoms with Gasteiger partial charge in [-0.3, -0.25) is 0 Å². The van der Waals surface area contributed by atoms with E-state index in [1.165, 1.54) is 6.07 Å². The van der Waals surface area contributed by atoms with E-state index in [1.807, 2.05) is 0 Å². The minimum absolute atomic E-state index is 0.183. The molecule has 0 radical (unpaired) electrons. The second-order valence-corrected chi connectivity index (χ2v) is 5.73. The van der Waals surface area contributed by atoms with Crippen LogP contribution in [0.1, 0.15) is 5.56 Å². The minimum Gasteiger partial charge on any atom is -0.454 e. The molecule has 0 fully saturated rings. The average Bonchev–Trinajstić information content (AvgIpc) is 2.35. The summed E-state index contributed by atoms with van der Waals surface area (Å²) in [5.74, 6) is -1.45. The predicted octanol–water partition coefficient (Wildman–Crippen LogP) is 6.02. The van der Waals surface area contributed by atoms with Crippen LogP contribution in [0.3, 0.4) is 0 Å². The summed E-state index contributed by atoms with van der Waals surface area (Å²) in [6.07, 6.45) is 0. The Hall–Kier alpha value is -0.650. The molecule has 2 rings (SSSR count). The van der Waals surface area contributed by atoms with E-state index in [1.54, 1.807) is 18.2 Å². The van der Waals surface area contributed by atoms with Crippen molar-refractivity contribution in [3.05, 3.63) is 56.5 Å². The Kier molecular flexibility index (Phi) is 4.81. The van der Waals surface area contributed by atoms with E-state index in [2.05, 4.69) is 31.9 Å². The lowest BCUT2D eigenvalue weighted by Crippen LogP contribution is -1.93. The number of ether oxygens (including phenoxy) is 1. The SMILES string of the molecule is Fc1cc(Br)cc(Oc2ccc(CCl)c(Br)c2)c1F. The largest absolute Gasteiger partial charge is 0.454 e. The number of rotatable bonds is 3. The number of alkyl halides is 1. The van der Waals surface area contributed by atoms with Gasteiger partial charge in [0.05, 0.1) is 0 Å². The molecule has 1 nitrogen and oxygen atoms in total. The summed E-state index contributed by atoms with van der Waals surface area (Å²) in [6, 6.07) is 7.44. The van der Waals surface area contributed by atoms with Crippen LogP contribution in [0.25, 0.3) is 0 Å². The van der Waals surface area contributed by atoms with Crippen molar-refractivity contribution >= 4 is 43.5 Å². The lowest BCUT2D eigenvalue weighted by Gasteiger charge is -2.09. The van der Waals surface area contributed by atoms with E-state index in [9.17, 15) is 8.78 Å². The maximum atomic E-state index is 13.6. The first-order chi connectivity index (χ1) is 9.01. The summed E-state index contributed by atoms with van der Waals surface area (Å²) in [5, 5.41) is 0. The van der Waals surface area contributed by atoms with Crippen molar-refractivity contribution in [1.29, 1.82) is 0 Å². The zero-order valence-electron chi connectivity index (χ0n) is 9.39. The second kappa shape index (κ2) is 6.20. The maximum Gasteiger partial charge on any atom is 0.201 e. The van der Waals surface area contributed by atoms with E-state index in [4.69, 9.17) is 16.3 Å². The first kappa shape index (κ1) is 14.8. The van der Waals surface area contributed by atoms with E-state index < -0.39 is 11.6 Å². The molecule has 6 heteroatoms. The molecule has 0 aromatic heterocycles. The lowest BCUT2D eigenvalue weighted by molar-refractivity contribution is 0.415.